The van der Waals surface area contributed by atoms with Crippen LogP contribution in [0.5, 0.6) is 0 Å². The van der Waals surface area contributed by atoms with Crippen molar-refractivity contribution < 1.29 is 9.18 Å². The zero-order valence-corrected chi connectivity index (χ0v) is 11.3. The van der Waals surface area contributed by atoms with Crippen molar-refractivity contribution in [3.05, 3.63) is 29.6 Å². The smallest absolute Gasteiger partial charge is 0.251 e. The van der Waals surface area contributed by atoms with E-state index in [1.54, 1.807) is 6.07 Å². The number of anilines is 1. The van der Waals surface area contributed by atoms with Crippen LogP contribution in [0.1, 0.15) is 49.4 Å². The zero-order chi connectivity index (χ0) is 13.8. The van der Waals surface area contributed by atoms with Gasteiger partial charge in [-0.2, -0.15) is 0 Å². The Hall–Kier alpha value is -1.58. The third kappa shape index (κ3) is 3.46. The first-order valence-electron chi connectivity index (χ1n) is 6.94. The molecule has 1 saturated carbocycles. The molecule has 3 N–H and O–H groups in total. The fourth-order valence-electron chi connectivity index (χ4n) is 2.71. The Labute approximate surface area is 113 Å². The van der Waals surface area contributed by atoms with Crippen molar-refractivity contribution in [2.75, 3.05) is 5.73 Å². The van der Waals surface area contributed by atoms with E-state index in [-0.39, 0.29) is 17.6 Å². The first kappa shape index (κ1) is 13.8. The zero-order valence-electron chi connectivity index (χ0n) is 11.3. The van der Waals surface area contributed by atoms with Gasteiger partial charge in [-0.3, -0.25) is 4.79 Å². The lowest BCUT2D eigenvalue weighted by atomic mass is 9.84. The van der Waals surface area contributed by atoms with Gasteiger partial charge in [0.25, 0.3) is 5.91 Å². The number of nitrogens with two attached hydrogens (primary N) is 1. The van der Waals surface area contributed by atoms with E-state index < -0.39 is 5.82 Å². The molecule has 0 saturated heterocycles. The van der Waals surface area contributed by atoms with Crippen molar-refractivity contribution in [2.45, 2.75) is 45.1 Å². The third-order valence-electron chi connectivity index (χ3n) is 3.98. The second-order valence-electron chi connectivity index (χ2n) is 5.40. The van der Waals surface area contributed by atoms with Crippen molar-refractivity contribution in [3.8, 4) is 0 Å². The minimum absolute atomic E-state index is 0.0666. The Morgan fingerprint density at radius 1 is 1.37 bits per heavy atom. The summed E-state index contributed by atoms with van der Waals surface area (Å²) >= 11 is 0. The van der Waals surface area contributed by atoms with Gasteiger partial charge in [0.1, 0.15) is 5.82 Å². The standard InChI is InChI=1S/C15H21FN2O/c1-10(11-5-3-2-4-6-11)18-15(19)12-7-8-14(17)13(16)9-12/h7-11H,2-6,17H2,1H3,(H,18,19)/t10-/m0/s1. The molecule has 0 heterocycles. The summed E-state index contributed by atoms with van der Waals surface area (Å²) in [5.74, 6) is -0.230. The topological polar surface area (TPSA) is 55.1 Å². The molecule has 1 amide bonds. The van der Waals surface area contributed by atoms with Crippen LogP contribution in [-0.2, 0) is 0 Å². The molecule has 1 aliphatic rings. The van der Waals surface area contributed by atoms with E-state index in [0.29, 0.717) is 11.5 Å². The van der Waals surface area contributed by atoms with Crippen LogP contribution in [0.15, 0.2) is 18.2 Å². The van der Waals surface area contributed by atoms with Crippen LogP contribution in [0.25, 0.3) is 0 Å². The summed E-state index contributed by atoms with van der Waals surface area (Å²) in [7, 11) is 0. The number of carbonyl (C=O) groups is 1. The number of nitrogens with one attached hydrogen (secondary N) is 1. The highest BCUT2D eigenvalue weighted by Gasteiger charge is 2.22. The lowest BCUT2D eigenvalue weighted by Gasteiger charge is -2.28. The van der Waals surface area contributed by atoms with E-state index in [2.05, 4.69) is 5.32 Å². The van der Waals surface area contributed by atoms with Crippen LogP contribution in [0.3, 0.4) is 0 Å². The first-order valence-corrected chi connectivity index (χ1v) is 6.94. The first-order chi connectivity index (χ1) is 9.08. The molecule has 1 aliphatic carbocycles. The summed E-state index contributed by atoms with van der Waals surface area (Å²) in [6.45, 7) is 2.03. The van der Waals surface area contributed by atoms with E-state index in [1.807, 2.05) is 6.92 Å². The number of hydrogen-bond donors (Lipinski definition) is 2. The molecule has 19 heavy (non-hydrogen) atoms. The van der Waals surface area contributed by atoms with Gasteiger partial charge in [0, 0.05) is 11.6 Å². The summed E-state index contributed by atoms with van der Waals surface area (Å²) in [5.41, 5.74) is 5.79. The van der Waals surface area contributed by atoms with Gasteiger partial charge in [0.15, 0.2) is 0 Å². The molecule has 2 rings (SSSR count). The molecule has 0 aromatic heterocycles. The minimum atomic E-state index is -0.544. The van der Waals surface area contributed by atoms with Crippen molar-refractivity contribution in [1.29, 1.82) is 0 Å². The summed E-state index contributed by atoms with van der Waals surface area (Å²) in [4.78, 5) is 12.0. The summed E-state index contributed by atoms with van der Waals surface area (Å²) in [6, 6.07) is 4.31. The van der Waals surface area contributed by atoms with Crippen molar-refractivity contribution in [3.63, 3.8) is 0 Å². The molecule has 0 spiro atoms. The van der Waals surface area contributed by atoms with Gasteiger partial charge >= 0.3 is 0 Å². The van der Waals surface area contributed by atoms with Crippen LogP contribution >= 0.6 is 0 Å². The predicted molar refractivity (Wildman–Crippen MR) is 74.3 cm³/mol. The summed E-state index contributed by atoms with van der Waals surface area (Å²) in [5, 5.41) is 2.97. The predicted octanol–water partition coefficient (Wildman–Crippen LogP) is 3.11. The minimum Gasteiger partial charge on any atom is -0.396 e. The van der Waals surface area contributed by atoms with Gasteiger partial charge in [-0.25, -0.2) is 4.39 Å². The van der Waals surface area contributed by atoms with E-state index in [1.165, 1.54) is 31.4 Å². The molecule has 0 bridgehead atoms. The fourth-order valence-corrected chi connectivity index (χ4v) is 2.71. The Morgan fingerprint density at radius 3 is 2.68 bits per heavy atom. The van der Waals surface area contributed by atoms with Gasteiger partial charge in [0.05, 0.1) is 5.69 Å². The van der Waals surface area contributed by atoms with Gasteiger partial charge < -0.3 is 11.1 Å². The maximum atomic E-state index is 13.3. The summed E-state index contributed by atoms with van der Waals surface area (Å²) < 4.78 is 13.3. The highest BCUT2D eigenvalue weighted by molar-refractivity contribution is 5.94. The lowest BCUT2D eigenvalue weighted by Crippen LogP contribution is -2.38. The maximum Gasteiger partial charge on any atom is 0.251 e. The lowest BCUT2D eigenvalue weighted by molar-refractivity contribution is 0.0919. The van der Waals surface area contributed by atoms with Crippen molar-refractivity contribution >= 4 is 11.6 Å². The molecular formula is C15H21FN2O. The quantitative estimate of drug-likeness (QED) is 0.824. The molecule has 1 fully saturated rings. The van der Waals surface area contributed by atoms with Crippen LogP contribution in [0.2, 0.25) is 0 Å². The number of benzene rings is 1. The van der Waals surface area contributed by atoms with E-state index in [0.717, 1.165) is 12.8 Å². The van der Waals surface area contributed by atoms with E-state index in [9.17, 15) is 9.18 Å². The van der Waals surface area contributed by atoms with Crippen molar-refractivity contribution in [1.82, 2.24) is 5.32 Å². The maximum absolute atomic E-state index is 13.3. The average molecular weight is 264 g/mol. The number of halogens is 1. The van der Waals surface area contributed by atoms with Crippen LogP contribution < -0.4 is 11.1 Å². The number of amides is 1. The highest BCUT2D eigenvalue weighted by Crippen LogP contribution is 2.26. The molecular weight excluding hydrogens is 243 g/mol. The number of carbonyl (C=O) groups excluding carboxylic acids is 1. The number of rotatable bonds is 3. The normalized spacial score (nSPS) is 18.0. The average Bonchev–Trinajstić information content (AvgIpc) is 2.42. The number of hydrogen-bond acceptors (Lipinski definition) is 2. The van der Waals surface area contributed by atoms with Crippen molar-refractivity contribution in [2.24, 2.45) is 5.92 Å². The molecule has 104 valence electrons. The molecule has 0 aliphatic heterocycles. The van der Waals surface area contributed by atoms with Gasteiger partial charge in [-0.05, 0) is 43.9 Å². The van der Waals surface area contributed by atoms with Crippen LogP contribution in [0, 0.1) is 11.7 Å². The number of nitrogen functional groups attached to an aromatic ring is 1. The molecule has 0 radical (unpaired) electrons. The van der Waals surface area contributed by atoms with Gasteiger partial charge in [0.2, 0.25) is 0 Å². The monoisotopic (exact) mass is 264 g/mol. The van der Waals surface area contributed by atoms with E-state index in [4.69, 9.17) is 5.73 Å². The Bertz CT molecular complexity index is 455. The summed E-state index contributed by atoms with van der Waals surface area (Å²) in [6.07, 6.45) is 6.10. The third-order valence-corrected chi connectivity index (χ3v) is 3.98. The molecule has 0 unspecified atom stereocenters. The second-order valence-corrected chi connectivity index (χ2v) is 5.40. The Kier molecular flexibility index (Phi) is 4.40. The molecule has 1 atom stereocenters. The fraction of sp³-hybridized carbons (Fsp3) is 0.533. The largest absolute Gasteiger partial charge is 0.396 e. The highest BCUT2D eigenvalue weighted by atomic mass is 19.1. The molecule has 1 aromatic carbocycles. The van der Waals surface area contributed by atoms with Gasteiger partial charge in [-0.1, -0.05) is 19.3 Å². The Balaban J connectivity index is 1.97. The van der Waals surface area contributed by atoms with Gasteiger partial charge in [-0.15, -0.1) is 0 Å². The second kappa shape index (κ2) is 6.04. The Morgan fingerprint density at radius 2 is 2.05 bits per heavy atom. The van der Waals surface area contributed by atoms with E-state index >= 15 is 0 Å². The SMILES string of the molecule is C[C@H](NC(=O)c1ccc(N)c(F)c1)C1CCCCC1. The molecule has 1 aromatic rings. The molecule has 3 nitrogen and oxygen atoms in total. The van der Waals surface area contributed by atoms with Crippen LogP contribution in [0.4, 0.5) is 10.1 Å². The van der Waals surface area contributed by atoms with Crippen LogP contribution in [-0.4, -0.2) is 11.9 Å². The molecule has 4 heteroatoms.